The topological polar surface area (TPSA) is 21.1 Å². The number of hydrogen-bond acceptors (Lipinski definition) is 2. The van der Waals surface area contributed by atoms with Gasteiger partial charge in [-0.15, -0.1) is 0 Å². The molecule has 4 fully saturated rings. The molecule has 4 bridgehead atoms. The van der Waals surface area contributed by atoms with Crippen molar-refractivity contribution >= 4 is 16.7 Å². The summed E-state index contributed by atoms with van der Waals surface area (Å²) >= 11 is 0. The van der Waals surface area contributed by atoms with Crippen LogP contribution >= 0.6 is 0 Å². The molecule has 154 valence electrons. The average molecular weight is 398 g/mol. The normalized spacial score (nSPS) is 36.2. The molecule has 3 heteroatoms. The van der Waals surface area contributed by atoms with Crippen molar-refractivity contribution in [3.05, 3.63) is 59.4 Å². The minimum Gasteiger partial charge on any atom is -0.353 e. The SMILES string of the molecule is Cc1ccccc1N1[C@@H](C)c2c(n(C)c3cccnc23)C12C1CC3CC(C1)CC2C3. The van der Waals surface area contributed by atoms with Gasteiger partial charge in [0, 0.05) is 24.5 Å². The number of aromatic nitrogens is 2. The number of hydrogen-bond donors (Lipinski definition) is 0. The van der Waals surface area contributed by atoms with Crippen molar-refractivity contribution in [2.24, 2.45) is 30.7 Å². The van der Waals surface area contributed by atoms with Crippen LogP contribution in [0.25, 0.3) is 11.0 Å². The van der Waals surface area contributed by atoms with Gasteiger partial charge in [-0.1, -0.05) is 18.2 Å². The van der Waals surface area contributed by atoms with E-state index in [9.17, 15) is 0 Å². The molecule has 1 aliphatic heterocycles. The van der Waals surface area contributed by atoms with Crippen LogP contribution in [0.4, 0.5) is 5.69 Å². The third-order valence-corrected chi connectivity index (χ3v) is 9.33. The zero-order chi connectivity index (χ0) is 20.2. The van der Waals surface area contributed by atoms with Crippen LogP contribution in [0.3, 0.4) is 0 Å². The molecule has 8 rings (SSSR count). The number of nitrogens with zero attached hydrogens (tertiary/aromatic N) is 3. The number of para-hydroxylation sites is 1. The van der Waals surface area contributed by atoms with E-state index in [2.05, 4.69) is 66.8 Å². The Morgan fingerprint density at radius 3 is 2.33 bits per heavy atom. The molecule has 1 spiro atoms. The second-order valence-corrected chi connectivity index (χ2v) is 10.7. The number of pyridine rings is 1. The zero-order valence-electron chi connectivity index (χ0n) is 18.3. The molecule has 3 aromatic rings. The Kier molecular flexibility index (Phi) is 3.30. The van der Waals surface area contributed by atoms with E-state index in [1.54, 1.807) is 5.69 Å². The Hall–Kier alpha value is -2.29. The summed E-state index contributed by atoms with van der Waals surface area (Å²) in [5.41, 5.74) is 8.62. The van der Waals surface area contributed by atoms with Crippen molar-refractivity contribution in [1.82, 2.24) is 9.55 Å². The highest BCUT2D eigenvalue weighted by Crippen LogP contribution is 2.69. The fourth-order valence-corrected chi connectivity index (χ4v) is 8.66. The largest absolute Gasteiger partial charge is 0.353 e. The van der Waals surface area contributed by atoms with Gasteiger partial charge >= 0.3 is 0 Å². The third kappa shape index (κ3) is 1.87. The van der Waals surface area contributed by atoms with Crippen LogP contribution < -0.4 is 4.90 Å². The van der Waals surface area contributed by atoms with Gasteiger partial charge in [0.15, 0.2) is 0 Å². The van der Waals surface area contributed by atoms with Gasteiger partial charge in [-0.05, 0) is 93.4 Å². The van der Waals surface area contributed by atoms with Crippen LogP contribution in [-0.4, -0.2) is 9.55 Å². The highest BCUT2D eigenvalue weighted by molar-refractivity contribution is 5.86. The van der Waals surface area contributed by atoms with Gasteiger partial charge < -0.3 is 9.47 Å². The molecule has 3 heterocycles. The van der Waals surface area contributed by atoms with Crippen molar-refractivity contribution in [1.29, 1.82) is 0 Å². The molecule has 5 aliphatic rings. The summed E-state index contributed by atoms with van der Waals surface area (Å²) in [6.07, 6.45) is 9.13. The lowest BCUT2D eigenvalue weighted by Gasteiger charge is -2.64. The molecule has 2 aromatic heterocycles. The highest BCUT2D eigenvalue weighted by Gasteiger charge is 2.66. The molecule has 4 saturated carbocycles. The Morgan fingerprint density at radius 2 is 1.63 bits per heavy atom. The van der Waals surface area contributed by atoms with Crippen molar-refractivity contribution in [2.75, 3.05) is 4.90 Å². The summed E-state index contributed by atoms with van der Waals surface area (Å²) in [5.74, 6) is 3.45. The lowest BCUT2D eigenvalue weighted by Crippen LogP contribution is -2.62. The van der Waals surface area contributed by atoms with Crippen LogP contribution in [0.1, 0.15) is 61.9 Å². The minimum atomic E-state index is 0.129. The molecule has 4 aliphatic carbocycles. The van der Waals surface area contributed by atoms with Crippen LogP contribution in [0.15, 0.2) is 42.6 Å². The summed E-state index contributed by atoms with van der Waals surface area (Å²) in [6, 6.07) is 13.8. The van der Waals surface area contributed by atoms with Crippen molar-refractivity contribution in [3.8, 4) is 0 Å². The maximum absolute atomic E-state index is 4.92. The second-order valence-electron chi connectivity index (χ2n) is 10.7. The molecule has 30 heavy (non-hydrogen) atoms. The number of aryl methyl sites for hydroxylation is 2. The molecular weight excluding hydrogens is 366 g/mol. The van der Waals surface area contributed by atoms with E-state index >= 15 is 0 Å². The van der Waals surface area contributed by atoms with Crippen LogP contribution in [0.5, 0.6) is 0 Å². The van der Waals surface area contributed by atoms with Gasteiger partial charge in [0.25, 0.3) is 0 Å². The molecule has 0 radical (unpaired) electrons. The fraction of sp³-hybridized carbons (Fsp3) is 0.519. The standard InChI is InChI=1S/C27H31N3/c1-16-7-4-5-8-22(16)30-17(2)24-25-23(9-6-10-28-25)29(3)26(24)27(30)20-12-18-11-19(14-20)15-21(27)13-18/h4-10,17-21H,11-15H2,1-3H3/t17-,18?,19?,20?,21?,27?/m0/s1. The monoisotopic (exact) mass is 397 g/mol. The third-order valence-electron chi connectivity index (χ3n) is 9.33. The number of fused-ring (bicyclic) bond motifs is 3. The zero-order valence-corrected chi connectivity index (χ0v) is 18.3. The number of rotatable bonds is 1. The quantitative estimate of drug-likeness (QED) is 0.494. The molecule has 1 aromatic carbocycles. The van der Waals surface area contributed by atoms with Crippen LogP contribution in [-0.2, 0) is 12.6 Å². The van der Waals surface area contributed by atoms with Gasteiger partial charge in [0.1, 0.15) is 0 Å². The predicted molar refractivity (Wildman–Crippen MR) is 122 cm³/mol. The maximum Gasteiger partial charge on any atom is 0.0937 e. The highest BCUT2D eigenvalue weighted by atomic mass is 15.3. The lowest BCUT2D eigenvalue weighted by atomic mass is 9.47. The second kappa shape index (κ2) is 5.69. The Bertz CT molecular complexity index is 1140. The van der Waals surface area contributed by atoms with Crippen LogP contribution in [0.2, 0.25) is 0 Å². The van der Waals surface area contributed by atoms with Crippen molar-refractivity contribution < 1.29 is 0 Å². The summed E-state index contributed by atoms with van der Waals surface area (Å²) < 4.78 is 2.54. The summed E-state index contributed by atoms with van der Waals surface area (Å²) in [4.78, 5) is 7.81. The fourth-order valence-electron chi connectivity index (χ4n) is 8.66. The van der Waals surface area contributed by atoms with E-state index in [4.69, 9.17) is 4.98 Å². The van der Waals surface area contributed by atoms with E-state index < -0.39 is 0 Å². The van der Waals surface area contributed by atoms with E-state index in [0.717, 1.165) is 23.7 Å². The first-order chi connectivity index (χ1) is 14.6. The van der Waals surface area contributed by atoms with Gasteiger partial charge in [-0.25, -0.2) is 0 Å². The first-order valence-electron chi connectivity index (χ1n) is 11.9. The van der Waals surface area contributed by atoms with Gasteiger partial charge in [-0.3, -0.25) is 4.98 Å². The Balaban J connectivity index is 1.57. The number of anilines is 1. The average Bonchev–Trinajstić information content (AvgIpc) is 3.18. The van der Waals surface area contributed by atoms with Crippen LogP contribution in [0, 0.1) is 30.6 Å². The van der Waals surface area contributed by atoms with E-state index in [1.807, 2.05) is 6.20 Å². The Labute approximate surface area is 179 Å². The lowest BCUT2D eigenvalue weighted by molar-refractivity contribution is -0.0629. The summed E-state index contributed by atoms with van der Waals surface area (Å²) in [7, 11) is 2.31. The number of benzene rings is 1. The van der Waals surface area contributed by atoms with Crippen molar-refractivity contribution in [2.45, 2.75) is 57.5 Å². The molecule has 0 amide bonds. The molecule has 0 unspecified atom stereocenters. The summed E-state index contributed by atoms with van der Waals surface area (Å²) in [6.45, 7) is 4.74. The maximum atomic E-state index is 4.92. The first-order valence-corrected chi connectivity index (χ1v) is 11.9. The minimum absolute atomic E-state index is 0.129. The van der Waals surface area contributed by atoms with Crippen molar-refractivity contribution in [3.63, 3.8) is 0 Å². The Morgan fingerprint density at radius 1 is 0.933 bits per heavy atom. The van der Waals surface area contributed by atoms with Gasteiger partial charge in [0.05, 0.1) is 28.3 Å². The van der Waals surface area contributed by atoms with E-state index in [-0.39, 0.29) is 5.54 Å². The molecule has 3 nitrogen and oxygen atoms in total. The summed E-state index contributed by atoms with van der Waals surface area (Å²) in [5, 5.41) is 0. The van der Waals surface area contributed by atoms with Gasteiger partial charge in [0.2, 0.25) is 0 Å². The molecule has 1 atom stereocenters. The molecule has 0 N–H and O–H groups in total. The predicted octanol–water partition coefficient (Wildman–Crippen LogP) is 6.11. The smallest absolute Gasteiger partial charge is 0.0937 e. The van der Waals surface area contributed by atoms with Gasteiger partial charge in [-0.2, -0.15) is 0 Å². The molecular formula is C27H31N3. The first kappa shape index (κ1) is 17.4. The van der Waals surface area contributed by atoms with E-state index in [0.29, 0.717) is 6.04 Å². The van der Waals surface area contributed by atoms with E-state index in [1.165, 1.54) is 60.0 Å². The molecule has 0 saturated heterocycles.